The molecule has 0 aliphatic rings. The second kappa shape index (κ2) is 11.7. The molecular formula is C29H30FN3O5S. The van der Waals surface area contributed by atoms with Crippen LogP contribution in [0.4, 0.5) is 20.6 Å². The maximum Gasteiger partial charge on any atom is 0.412 e. The summed E-state index contributed by atoms with van der Waals surface area (Å²) in [6, 6.07) is 12.5. The van der Waals surface area contributed by atoms with Crippen molar-refractivity contribution in [2.75, 3.05) is 10.6 Å². The van der Waals surface area contributed by atoms with Gasteiger partial charge in [-0.2, -0.15) is 5.26 Å². The zero-order chi connectivity index (χ0) is 29.0. The van der Waals surface area contributed by atoms with E-state index >= 15 is 0 Å². The van der Waals surface area contributed by atoms with Crippen molar-refractivity contribution in [2.24, 2.45) is 0 Å². The Morgan fingerprint density at radius 3 is 2.23 bits per heavy atom. The van der Waals surface area contributed by atoms with Crippen LogP contribution < -0.4 is 15.4 Å². The first-order valence-corrected chi connectivity index (χ1v) is 13.0. The summed E-state index contributed by atoms with van der Waals surface area (Å²) in [7, 11) is 0. The maximum absolute atomic E-state index is 14.9. The molecule has 0 aliphatic carbocycles. The van der Waals surface area contributed by atoms with Gasteiger partial charge >= 0.3 is 6.09 Å². The van der Waals surface area contributed by atoms with Crippen LogP contribution in [-0.4, -0.2) is 29.0 Å². The van der Waals surface area contributed by atoms with E-state index in [0.717, 1.165) is 11.3 Å². The summed E-state index contributed by atoms with van der Waals surface area (Å²) < 4.78 is 26.4. The fraction of sp³-hybridized carbons (Fsp3) is 0.310. The van der Waals surface area contributed by atoms with Crippen molar-refractivity contribution in [3.63, 3.8) is 0 Å². The molecule has 1 heterocycles. The monoisotopic (exact) mass is 551 g/mol. The van der Waals surface area contributed by atoms with E-state index in [0.29, 0.717) is 5.56 Å². The number of amides is 2. The van der Waals surface area contributed by atoms with Gasteiger partial charge in [0.05, 0.1) is 28.2 Å². The van der Waals surface area contributed by atoms with E-state index in [4.69, 9.17) is 9.47 Å². The number of rotatable bonds is 7. The van der Waals surface area contributed by atoms with E-state index in [1.807, 2.05) is 26.8 Å². The lowest BCUT2D eigenvalue weighted by molar-refractivity contribution is -0.115. The molecule has 0 radical (unpaired) electrons. The highest BCUT2D eigenvalue weighted by Gasteiger charge is 2.24. The molecule has 2 N–H and O–H groups in total. The van der Waals surface area contributed by atoms with Crippen molar-refractivity contribution in [1.29, 1.82) is 5.26 Å². The molecule has 0 spiro atoms. The summed E-state index contributed by atoms with van der Waals surface area (Å²) >= 11 is 1.07. The van der Waals surface area contributed by atoms with Gasteiger partial charge in [0.15, 0.2) is 5.78 Å². The highest BCUT2D eigenvalue weighted by molar-refractivity contribution is 7.12. The fourth-order valence-corrected chi connectivity index (χ4v) is 4.32. The molecule has 0 bridgehead atoms. The number of halogens is 1. The summed E-state index contributed by atoms with van der Waals surface area (Å²) in [4.78, 5) is 38.5. The highest BCUT2D eigenvalue weighted by Crippen LogP contribution is 2.40. The first kappa shape index (κ1) is 29.3. The van der Waals surface area contributed by atoms with Gasteiger partial charge in [0.1, 0.15) is 28.8 Å². The molecular weight excluding hydrogens is 521 g/mol. The summed E-state index contributed by atoms with van der Waals surface area (Å²) in [6.07, 6.45) is -1.33. The van der Waals surface area contributed by atoms with E-state index in [9.17, 15) is 24.0 Å². The number of Topliss-reactive ketones (excluding diaryl/α,β-unsaturated/α-hetero) is 1. The highest BCUT2D eigenvalue weighted by atomic mass is 32.1. The van der Waals surface area contributed by atoms with E-state index in [1.165, 1.54) is 24.3 Å². The summed E-state index contributed by atoms with van der Waals surface area (Å²) in [6.45, 7) is 10.6. The summed E-state index contributed by atoms with van der Waals surface area (Å²) in [5, 5.41) is 16.1. The van der Waals surface area contributed by atoms with Gasteiger partial charge < -0.3 is 14.8 Å². The maximum atomic E-state index is 14.9. The number of nitrogens with one attached hydrogen (secondary N) is 2. The van der Waals surface area contributed by atoms with Crippen LogP contribution in [0.5, 0.6) is 5.75 Å². The Kier molecular flexibility index (Phi) is 8.77. The number of benzene rings is 2. The van der Waals surface area contributed by atoms with Gasteiger partial charge in [0, 0.05) is 17.2 Å². The Bertz CT molecular complexity index is 1440. The van der Waals surface area contributed by atoms with E-state index in [-0.39, 0.29) is 33.1 Å². The average molecular weight is 552 g/mol. The topological polar surface area (TPSA) is 118 Å². The predicted molar refractivity (Wildman–Crippen MR) is 149 cm³/mol. The minimum atomic E-state index is -0.795. The van der Waals surface area contributed by atoms with Crippen LogP contribution in [0.2, 0.25) is 0 Å². The Hall–Kier alpha value is -4.23. The Balaban J connectivity index is 2.06. The standard InChI is InChI=1S/C29H30FN3O5S/c1-28(2,3)37-24-14-22(33-27(36)38-29(4,5)6)21(13-19(24)18-9-7-8-10-20(18)30)32-25(35)15-23(34)26-17(16-31)11-12-39-26/h7-14H,15H2,1-6H3,(H,32,35)(H,33,36). The largest absolute Gasteiger partial charge is 0.487 e. The third-order valence-electron chi connectivity index (χ3n) is 4.97. The predicted octanol–water partition coefficient (Wildman–Crippen LogP) is 7.16. The molecule has 0 fully saturated rings. The number of nitrogens with zero attached hydrogens (tertiary/aromatic N) is 1. The molecule has 0 saturated heterocycles. The molecule has 39 heavy (non-hydrogen) atoms. The molecule has 0 saturated carbocycles. The molecule has 2 amide bonds. The van der Waals surface area contributed by atoms with Crippen LogP contribution in [-0.2, 0) is 9.53 Å². The molecule has 8 nitrogen and oxygen atoms in total. The minimum Gasteiger partial charge on any atom is -0.487 e. The Morgan fingerprint density at radius 1 is 0.949 bits per heavy atom. The zero-order valence-corrected chi connectivity index (χ0v) is 23.4. The summed E-state index contributed by atoms with van der Waals surface area (Å²) in [5.41, 5.74) is -0.524. The molecule has 0 atom stereocenters. The number of ketones is 1. The molecule has 0 unspecified atom stereocenters. The van der Waals surface area contributed by atoms with Crippen molar-refractivity contribution in [1.82, 2.24) is 0 Å². The van der Waals surface area contributed by atoms with Crippen molar-refractivity contribution in [3.05, 3.63) is 64.1 Å². The first-order valence-electron chi connectivity index (χ1n) is 12.1. The normalized spacial score (nSPS) is 11.3. The minimum absolute atomic E-state index is 0.102. The third kappa shape index (κ3) is 8.12. The van der Waals surface area contributed by atoms with Crippen LogP contribution in [0.15, 0.2) is 47.8 Å². The van der Waals surface area contributed by atoms with Crippen LogP contribution in [0.3, 0.4) is 0 Å². The van der Waals surface area contributed by atoms with Crippen LogP contribution in [0, 0.1) is 17.1 Å². The number of ether oxygens (including phenoxy) is 2. The first-order chi connectivity index (χ1) is 18.2. The van der Waals surface area contributed by atoms with Crippen LogP contribution in [0.1, 0.15) is 63.2 Å². The Labute approximate surface area is 230 Å². The number of hydrogen-bond acceptors (Lipinski definition) is 7. The number of carbonyl (C=O) groups is 3. The van der Waals surface area contributed by atoms with Gasteiger partial charge in [0.25, 0.3) is 0 Å². The lowest BCUT2D eigenvalue weighted by Crippen LogP contribution is -2.28. The van der Waals surface area contributed by atoms with Gasteiger partial charge in [-0.1, -0.05) is 18.2 Å². The second-order valence-corrected chi connectivity index (χ2v) is 11.6. The van der Waals surface area contributed by atoms with Gasteiger partial charge in [-0.25, -0.2) is 9.18 Å². The molecule has 3 rings (SSSR count). The second-order valence-electron chi connectivity index (χ2n) is 10.6. The molecule has 2 aromatic carbocycles. The zero-order valence-electron chi connectivity index (χ0n) is 22.6. The third-order valence-corrected chi connectivity index (χ3v) is 5.93. The molecule has 0 aliphatic heterocycles. The fourth-order valence-electron chi connectivity index (χ4n) is 3.54. The van der Waals surface area contributed by atoms with Gasteiger partial charge in [-0.3, -0.25) is 14.9 Å². The lowest BCUT2D eigenvalue weighted by atomic mass is 10.0. The quantitative estimate of drug-likeness (QED) is 0.238. The molecule has 10 heteroatoms. The van der Waals surface area contributed by atoms with Crippen molar-refractivity contribution >= 4 is 40.5 Å². The van der Waals surface area contributed by atoms with Crippen molar-refractivity contribution in [2.45, 2.75) is 59.2 Å². The smallest absolute Gasteiger partial charge is 0.412 e. The average Bonchev–Trinajstić information content (AvgIpc) is 3.28. The number of thiophene rings is 1. The van der Waals surface area contributed by atoms with E-state index in [2.05, 4.69) is 10.6 Å². The van der Waals surface area contributed by atoms with E-state index < -0.39 is 41.2 Å². The van der Waals surface area contributed by atoms with E-state index in [1.54, 1.807) is 44.4 Å². The number of hydrogen-bond donors (Lipinski definition) is 2. The number of carbonyl (C=O) groups excluding carboxylic acids is 3. The van der Waals surface area contributed by atoms with Gasteiger partial charge in [0.2, 0.25) is 5.91 Å². The Morgan fingerprint density at radius 2 is 1.62 bits per heavy atom. The van der Waals surface area contributed by atoms with Crippen molar-refractivity contribution in [3.8, 4) is 22.9 Å². The van der Waals surface area contributed by atoms with Crippen molar-refractivity contribution < 1.29 is 28.2 Å². The molecule has 1 aromatic heterocycles. The number of anilines is 2. The van der Waals surface area contributed by atoms with Gasteiger partial charge in [-0.05, 0) is 65.1 Å². The summed E-state index contributed by atoms with van der Waals surface area (Å²) in [5.74, 6) is -1.47. The van der Waals surface area contributed by atoms with Crippen LogP contribution >= 0.6 is 11.3 Å². The van der Waals surface area contributed by atoms with Crippen LogP contribution in [0.25, 0.3) is 11.1 Å². The molecule has 204 valence electrons. The molecule has 3 aromatic rings. The number of nitriles is 1. The lowest BCUT2D eigenvalue weighted by Gasteiger charge is -2.26. The van der Waals surface area contributed by atoms with Gasteiger partial charge in [-0.15, -0.1) is 11.3 Å². The SMILES string of the molecule is CC(C)(C)OC(=O)Nc1cc(OC(C)(C)C)c(-c2ccccc2F)cc1NC(=O)CC(=O)c1sccc1C#N.